The number of rotatable bonds is 4. The summed E-state index contributed by atoms with van der Waals surface area (Å²) in [5.74, 6) is 0. The third kappa shape index (κ3) is 2.43. The van der Waals surface area contributed by atoms with Crippen LogP contribution in [0.15, 0.2) is 5.38 Å². The van der Waals surface area contributed by atoms with E-state index < -0.39 is 0 Å². The summed E-state index contributed by atoms with van der Waals surface area (Å²) in [4.78, 5) is 4.61. The fraction of sp³-hybridized carbons (Fsp3) is 0.727. The molecule has 1 aliphatic heterocycles. The first-order valence-electron chi connectivity index (χ1n) is 5.49. The van der Waals surface area contributed by atoms with Crippen LogP contribution in [0.25, 0.3) is 0 Å². The summed E-state index contributed by atoms with van der Waals surface area (Å²) < 4.78 is 10.6. The fourth-order valence-corrected chi connectivity index (χ4v) is 2.76. The first kappa shape index (κ1) is 12.0. The topological polar surface area (TPSA) is 43.4 Å². The third-order valence-corrected chi connectivity index (χ3v) is 4.05. The molecule has 3 unspecified atom stereocenters. The summed E-state index contributed by atoms with van der Waals surface area (Å²) in [7, 11) is 3.47. The number of thiazole rings is 1. The molecule has 0 bridgehead atoms. The molecule has 0 radical (unpaired) electrons. The Hall–Kier alpha value is -0.490. The molecule has 0 saturated carbocycles. The Bertz CT molecular complexity index is 342. The quantitative estimate of drug-likeness (QED) is 0.875. The molecule has 90 valence electrons. The second-order valence-electron chi connectivity index (χ2n) is 4.04. The van der Waals surface area contributed by atoms with E-state index in [2.05, 4.69) is 15.7 Å². The molecule has 1 fully saturated rings. The SMILES string of the molecule is COC1CNC(c2csc(C(C)OC)n2)C1. The highest BCUT2D eigenvalue weighted by Crippen LogP contribution is 2.28. The van der Waals surface area contributed by atoms with Crippen LogP contribution >= 0.6 is 11.3 Å². The molecule has 3 atom stereocenters. The van der Waals surface area contributed by atoms with Gasteiger partial charge in [-0.2, -0.15) is 0 Å². The summed E-state index contributed by atoms with van der Waals surface area (Å²) in [6, 6.07) is 0.332. The maximum absolute atomic E-state index is 5.33. The molecule has 2 rings (SSSR count). The van der Waals surface area contributed by atoms with Gasteiger partial charge in [0, 0.05) is 26.1 Å². The van der Waals surface area contributed by atoms with Gasteiger partial charge in [0.15, 0.2) is 0 Å². The zero-order valence-electron chi connectivity index (χ0n) is 9.90. The standard InChI is InChI=1S/C11H18N2O2S/c1-7(14-2)11-13-10(6-16-11)9-4-8(15-3)5-12-9/h6-9,12H,4-5H2,1-3H3. The van der Waals surface area contributed by atoms with Gasteiger partial charge in [-0.25, -0.2) is 4.98 Å². The van der Waals surface area contributed by atoms with Crippen molar-refractivity contribution in [3.8, 4) is 0 Å². The number of methoxy groups -OCH3 is 2. The summed E-state index contributed by atoms with van der Waals surface area (Å²) in [5.41, 5.74) is 1.11. The fourth-order valence-electron chi connectivity index (χ4n) is 1.86. The van der Waals surface area contributed by atoms with Crippen molar-refractivity contribution < 1.29 is 9.47 Å². The number of aromatic nitrogens is 1. The smallest absolute Gasteiger partial charge is 0.122 e. The van der Waals surface area contributed by atoms with Gasteiger partial charge in [-0.3, -0.25) is 0 Å². The Kier molecular flexibility index (Phi) is 3.91. The van der Waals surface area contributed by atoms with Gasteiger partial charge >= 0.3 is 0 Å². The van der Waals surface area contributed by atoms with Gasteiger partial charge in [-0.1, -0.05) is 0 Å². The second kappa shape index (κ2) is 5.23. The van der Waals surface area contributed by atoms with Crippen LogP contribution in [-0.4, -0.2) is 31.9 Å². The van der Waals surface area contributed by atoms with Crippen molar-refractivity contribution in [2.75, 3.05) is 20.8 Å². The van der Waals surface area contributed by atoms with E-state index in [-0.39, 0.29) is 6.10 Å². The number of hydrogen-bond acceptors (Lipinski definition) is 5. The Morgan fingerprint density at radius 1 is 1.56 bits per heavy atom. The third-order valence-electron chi connectivity index (χ3n) is 3.02. The first-order valence-corrected chi connectivity index (χ1v) is 6.36. The monoisotopic (exact) mass is 242 g/mol. The molecule has 4 nitrogen and oxygen atoms in total. The van der Waals surface area contributed by atoms with Gasteiger partial charge in [0.05, 0.1) is 17.8 Å². The summed E-state index contributed by atoms with van der Waals surface area (Å²) in [6.07, 6.45) is 1.40. The predicted molar refractivity (Wildman–Crippen MR) is 63.7 cm³/mol. The van der Waals surface area contributed by atoms with Crippen LogP contribution < -0.4 is 5.32 Å². The van der Waals surface area contributed by atoms with Crippen molar-refractivity contribution in [3.05, 3.63) is 16.1 Å². The van der Waals surface area contributed by atoms with Crippen LogP contribution in [0.1, 0.15) is 36.2 Å². The van der Waals surface area contributed by atoms with Gasteiger partial charge in [0.2, 0.25) is 0 Å². The largest absolute Gasteiger partial charge is 0.380 e. The Morgan fingerprint density at radius 2 is 2.38 bits per heavy atom. The maximum Gasteiger partial charge on any atom is 0.122 e. The van der Waals surface area contributed by atoms with Gasteiger partial charge in [0.25, 0.3) is 0 Å². The molecular formula is C11H18N2O2S. The molecule has 2 heterocycles. The van der Waals surface area contributed by atoms with Crippen molar-refractivity contribution in [3.63, 3.8) is 0 Å². The molecule has 5 heteroatoms. The van der Waals surface area contributed by atoms with Gasteiger partial charge in [0.1, 0.15) is 11.1 Å². The molecule has 0 aromatic carbocycles. The molecule has 1 N–H and O–H groups in total. The number of hydrogen-bond donors (Lipinski definition) is 1. The minimum absolute atomic E-state index is 0.0818. The molecule has 1 aliphatic rings. The van der Waals surface area contributed by atoms with Crippen LogP contribution in [-0.2, 0) is 9.47 Å². The van der Waals surface area contributed by atoms with E-state index in [9.17, 15) is 0 Å². The Labute approximate surface area is 100.0 Å². The van der Waals surface area contributed by atoms with E-state index in [1.807, 2.05) is 6.92 Å². The molecule has 0 spiro atoms. The van der Waals surface area contributed by atoms with Crippen molar-refractivity contribution >= 4 is 11.3 Å². The van der Waals surface area contributed by atoms with Crippen molar-refractivity contribution in [2.24, 2.45) is 0 Å². The lowest BCUT2D eigenvalue weighted by Crippen LogP contribution is -2.16. The van der Waals surface area contributed by atoms with E-state index in [4.69, 9.17) is 9.47 Å². The summed E-state index contributed by atoms with van der Waals surface area (Å²) in [6.45, 7) is 2.93. The second-order valence-corrected chi connectivity index (χ2v) is 4.93. The molecule has 1 saturated heterocycles. The van der Waals surface area contributed by atoms with Crippen LogP contribution in [0.3, 0.4) is 0 Å². The lowest BCUT2D eigenvalue weighted by molar-refractivity contribution is 0.116. The van der Waals surface area contributed by atoms with E-state index in [0.29, 0.717) is 12.1 Å². The average molecular weight is 242 g/mol. The molecule has 16 heavy (non-hydrogen) atoms. The Balaban J connectivity index is 2.02. The Morgan fingerprint density at radius 3 is 3.00 bits per heavy atom. The minimum Gasteiger partial charge on any atom is -0.380 e. The average Bonchev–Trinajstić information content (AvgIpc) is 2.95. The van der Waals surface area contributed by atoms with Crippen molar-refractivity contribution in [2.45, 2.75) is 31.6 Å². The normalized spacial score (nSPS) is 27.2. The van der Waals surface area contributed by atoms with Crippen molar-refractivity contribution in [1.82, 2.24) is 10.3 Å². The number of nitrogens with one attached hydrogen (secondary N) is 1. The number of nitrogens with zero attached hydrogens (tertiary/aromatic N) is 1. The van der Waals surface area contributed by atoms with Crippen LogP contribution in [0.2, 0.25) is 0 Å². The minimum atomic E-state index is 0.0818. The van der Waals surface area contributed by atoms with Crippen LogP contribution in [0.5, 0.6) is 0 Å². The zero-order chi connectivity index (χ0) is 11.5. The first-order chi connectivity index (χ1) is 7.74. The van der Waals surface area contributed by atoms with E-state index in [0.717, 1.165) is 23.7 Å². The zero-order valence-corrected chi connectivity index (χ0v) is 10.7. The van der Waals surface area contributed by atoms with Gasteiger partial charge in [-0.15, -0.1) is 11.3 Å². The predicted octanol–water partition coefficient (Wildman–Crippen LogP) is 1.90. The van der Waals surface area contributed by atoms with E-state index in [1.54, 1.807) is 25.6 Å². The summed E-state index contributed by atoms with van der Waals surface area (Å²) in [5, 5.41) is 6.58. The highest BCUT2D eigenvalue weighted by molar-refractivity contribution is 7.09. The highest BCUT2D eigenvalue weighted by atomic mass is 32.1. The molecule has 1 aromatic rings. The molecule has 1 aromatic heterocycles. The van der Waals surface area contributed by atoms with Crippen molar-refractivity contribution in [1.29, 1.82) is 0 Å². The lowest BCUT2D eigenvalue weighted by Gasteiger charge is -2.07. The molecule has 0 aliphatic carbocycles. The maximum atomic E-state index is 5.33. The highest BCUT2D eigenvalue weighted by Gasteiger charge is 2.27. The lowest BCUT2D eigenvalue weighted by atomic mass is 10.1. The van der Waals surface area contributed by atoms with Crippen LogP contribution in [0, 0.1) is 0 Å². The molecular weight excluding hydrogens is 224 g/mol. The van der Waals surface area contributed by atoms with E-state index in [1.165, 1.54) is 0 Å². The number of ether oxygens (including phenoxy) is 2. The molecule has 0 amide bonds. The summed E-state index contributed by atoms with van der Waals surface area (Å²) >= 11 is 1.66. The van der Waals surface area contributed by atoms with Gasteiger partial charge < -0.3 is 14.8 Å². The van der Waals surface area contributed by atoms with Crippen LogP contribution in [0.4, 0.5) is 0 Å². The van der Waals surface area contributed by atoms with E-state index >= 15 is 0 Å². The van der Waals surface area contributed by atoms with Gasteiger partial charge in [-0.05, 0) is 13.3 Å².